The number of aromatic nitrogens is 1. The Balaban J connectivity index is 1.74. The molecule has 31 heavy (non-hydrogen) atoms. The summed E-state index contributed by atoms with van der Waals surface area (Å²) >= 11 is 0. The van der Waals surface area contributed by atoms with Gasteiger partial charge in [0.2, 0.25) is 0 Å². The third-order valence-corrected chi connectivity index (χ3v) is 4.95. The molecular formula is C25H21NO5. The lowest BCUT2D eigenvalue weighted by Gasteiger charge is -2.14. The van der Waals surface area contributed by atoms with Gasteiger partial charge in [-0.1, -0.05) is 42.5 Å². The SMILES string of the molecule is COc1cc(-c2cc(C(=O)O)c3cccc(OC)c3n2)ccc1OCc1ccccc1. The second kappa shape index (κ2) is 8.75. The normalized spacial score (nSPS) is 10.6. The van der Waals surface area contributed by atoms with Gasteiger partial charge in [0.1, 0.15) is 17.9 Å². The Kier molecular flexibility index (Phi) is 5.71. The van der Waals surface area contributed by atoms with Crippen LogP contribution in [0.5, 0.6) is 17.2 Å². The average molecular weight is 415 g/mol. The molecular weight excluding hydrogens is 394 g/mol. The van der Waals surface area contributed by atoms with Crippen molar-refractivity contribution in [2.75, 3.05) is 14.2 Å². The Morgan fingerprint density at radius 3 is 2.35 bits per heavy atom. The Bertz CT molecular complexity index is 1240. The molecule has 156 valence electrons. The molecule has 0 radical (unpaired) electrons. The number of hydrogen-bond acceptors (Lipinski definition) is 5. The summed E-state index contributed by atoms with van der Waals surface area (Å²) in [7, 11) is 3.10. The lowest BCUT2D eigenvalue weighted by Crippen LogP contribution is -2.02. The predicted molar refractivity (Wildman–Crippen MR) is 118 cm³/mol. The third-order valence-electron chi connectivity index (χ3n) is 4.95. The molecule has 6 nitrogen and oxygen atoms in total. The van der Waals surface area contributed by atoms with E-state index < -0.39 is 5.97 Å². The van der Waals surface area contributed by atoms with Crippen LogP contribution in [0.1, 0.15) is 15.9 Å². The van der Waals surface area contributed by atoms with Gasteiger partial charge in [-0.3, -0.25) is 0 Å². The molecule has 0 aliphatic carbocycles. The van der Waals surface area contributed by atoms with E-state index in [1.165, 1.54) is 7.11 Å². The number of para-hydroxylation sites is 1. The van der Waals surface area contributed by atoms with Crippen LogP contribution in [0, 0.1) is 0 Å². The molecule has 6 heteroatoms. The molecule has 0 aliphatic rings. The van der Waals surface area contributed by atoms with E-state index in [-0.39, 0.29) is 5.56 Å². The van der Waals surface area contributed by atoms with Crippen molar-refractivity contribution < 1.29 is 24.1 Å². The summed E-state index contributed by atoms with van der Waals surface area (Å²) in [6, 6.07) is 22.0. The minimum Gasteiger partial charge on any atom is -0.494 e. The topological polar surface area (TPSA) is 77.9 Å². The van der Waals surface area contributed by atoms with Crippen molar-refractivity contribution in [1.29, 1.82) is 0 Å². The van der Waals surface area contributed by atoms with Gasteiger partial charge in [-0.15, -0.1) is 0 Å². The Morgan fingerprint density at radius 1 is 0.871 bits per heavy atom. The van der Waals surface area contributed by atoms with Crippen LogP contribution in [0.15, 0.2) is 72.8 Å². The monoisotopic (exact) mass is 415 g/mol. The number of fused-ring (bicyclic) bond motifs is 1. The largest absolute Gasteiger partial charge is 0.494 e. The van der Waals surface area contributed by atoms with Crippen molar-refractivity contribution >= 4 is 16.9 Å². The highest BCUT2D eigenvalue weighted by molar-refractivity contribution is 6.05. The number of benzene rings is 3. The molecule has 0 amide bonds. The van der Waals surface area contributed by atoms with Crippen LogP contribution >= 0.6 is 0 Å². The highest BCUT2D eigenvalue weighted by Gasteiger charge is 2.17. The number of carbonyl (C=O) groups is 1. The molecule has 0 saturated heterocycles. The van der Waals surface area contributed by atoms with Gasteiger partial charge in [0, 0.05) is 10.9 Å². The van der Waals surface area contributed by atoms with Gasteiger partial charge in [0.05, 0.1) is 25.5 Å². The number of nitrogens with zero attached hydrogens (tertiary/aromatic N) is 1. The molecule has 0 atom stereocenters. The summed E-state index contributed by atoms with van der Waals surface area (Å²) < 4.78 is 16.8. The first kappa shape index (κ1) is 20.2. The molecule has 4 rings (SSSR count). The zero-order valence-electron chi connectivity index (χ0n) is 17.2. The molecule has 3 aromatic carbocycles. The highest BCUT2D eigenvalue weighted by atomic mass is 16.5. The molecule has 4 aromatic rings. The van der Waals surface area contributed by atoms with E-state index in [4.69, 9.17) is 14.2 Å². The van der Waals surface area contributed by atoms with Crippen molar-refractivity contribution in [1.82, 2.24) is 4.98 Å². The summed E-state index contributed by atoms with van der Waals surface area (Å²) in [5.41, 5.74) is 2.90. The van der Waals surface area contributed by atoms with E-state index in [1.54, 1.807) is 43.5 Å². The van der Waals surface area contributed by atoms with Gasteiger partial charge < -0.3 is 19.3 Å². The lowest BCUT2D eigenvalue weighted by atomic mass is 10.0. The van der Waals surface area contributed by atoms with E-state index in [2.05, 4.69) is 4.98 Å². The molecule has 0 spiro atoms. The van der Waals surface area contributed by atoms with E-state index >= 15 is 0 Å². The fraction of sp³-hybridized carbons (Fsp3) is 0.120. The number of carboxylic acid groups (broad SMARTS) is 1. The number of aromatic carboxylic acids is 1. The fourth-order valence-corrected chi connectivity index (χ4v) is 3.39. The highest BCUT2D eigenvalue weighted by Crippen LogP contribution is 2.35. The molecule has 0 bridgehead atoms. The van der Waals surface area contributed by atoms with Gasteiger partial charge >= 0.3 is 5.97 Å². The van der Waals surface area contributed by atoms with E-state index in [9.17, 15) is 9.90 Å². The molecule has 1 heterocycles. The fourth-order valence-electron chi connectivity index (χ4n) is 3.39. The smallest absolute Gasteiger partial charge is 0.336 e. The Labute approximate surface area is 179 Å². The van der Waals surface area contributed by atoms with Gasteiger partial charge in [-0.25, -0.2) is 9.78 Å². The molecule has 1 aromatic heterocycles. The number of pyridine rings is 1. The number of ether oxygens (including phenoxy) is 3. The van der Waals surface area contributed by atoms with E-state index in [0.717, 1.165) is 5.56 Å². The first-order valence-corrected chi connectivity index (χ1v) is 9.67. The Morgan fingerprint density at radius 2 is 1.65 bits per heavy atom. The maximum atomic E-state index is 11.9. The van der Waals surface area contributed by atoms with Crippen molar-refractivity contribution in [2.24, 2.45) is 0 Å². The van der Waals surface area contributed by atoms with Crippen LogP contribution < -0.4 is 14.2 Å². The number of rotatable bonds is 7. The molecule has 0 fully saturated rings. The van der Waals surface area contributed by atoms with Gasteiger partial charge in [0.25, 0.3) is 0 Å². The van der Waals surface area contributed by atoms with Gasteiger partial charge in [-0.2, -0.15) is 0 Å². The molecule has 0 saturated carbocycles. The summed E-state index contributed by atoms with van der Waals surface area (Å²) in [5, 5.41) is 10.2. The van der Waals surface area contributed by atoms with Crippen LogP contribution in [0.2, 0.25) is 0 Å². The summed E-state index contributed by atoms with van der Waals surface area (Å²) in [5.74, 6) is 0.604. The van der Waals surface area contributed by atoms with Crippen LogP contribution in [-0.2, 0) is 6.61 Å². The van der Waals surface area contributed by atoms with Gasteiger partial charge in [0.15, 0.2) is 11.5 Å². The number of methoxy groups -OCH3 is 2. The van der Waals surface area contributed by atoms with Gasteiger partial charge in [-0.05, 0) is 35.9 Å². The number of hydrogen-bond donors (Lipinski definition) is 1. The maximum Gasteiger partial charge on any atom is 0.336 e. The van der Waals surface area contributed by atoms with Crippen LogP contribution in [0.25, 0.3) is 22.2 Å². The van der Waals surface area contributed by atoms with E-state index in [1.807, 2.05) is 36.4 Å². The summed E-state index contributed by atoms with van der Waals surface area (Å²) in [4.78, 5) is 16.6. The van der Waals surface area contributed by atoms with Crippen LogP contribution in [0.4, 0.5) is 0 Å². The second-order valence-electron chi connectivity index (χ2n) is 6.86. The summed E-state index contributed by atoms with van der Waals surface area (Å²) in [6.45, 7) is 0.408. The molecule has 0 aliphatic heterocycles. The minimum atomic E-state index is -1.03. The first-order chi connectivity index (χ1) is 15.1. The zero-order chi connectivity index (χ0) is 21.8. The molecule has 1 N–H and O–H groups in total. The van der Waals surface area contributed by atoms with Crippen molar-refractivity contribution in [3.63, 3.8) is 0 Å². The minimum absolute atomic E-state index is 0.155. The third kappa shape index (κ3) is 4.14. The van der Waals surface area contributed by atoms with Crippen molar-refractivity contribution in [2.45, 2.75) is 6.61 Å². The standard InChI is InChI=1S/C25H21NO5/c1-29-22-10-6-9-18-19(25(27)28)14-20(26-24(18)22)17-11-12-21(23(13-17)30-2)31-15-16-7-4-3-5-8-16/h3-14H,15H2,1-2H3,(H,27,28). The van der Waals surface area contributed by atoms with Crippen LogP contribution in [-0.4, -0.2) is 30.3 Å². The van der Waals surface area contributed by atoms with Crippen molar-refractivity contribution in [3.8, 4) is 28.5 Å². The quantitative estimate of drug-likeness (QED) is 0.447. The lowest BCUT2D eigenvalue weighted by molar-refractivity contribution is 0.0699. The first-order valence-electron chi connectivity index (χ1n) is 9.67. The van der Waals surface area contributed by atoms with Crippen LogP contribution in [0.3, 0.4) is 0 Å². The summed E-state index contributed by atoms with van der Waals surface area (Å²) in [6.07, 6.45) is 0. The zero-order valence-corrected chi connectivity index (χ0v) is 17.2. The Hall–Kier alpha value is -4.06. The van der Waals surface area contributed by atoms with E-state index in [0.29, 0.717) is 46.0 Å². The number of carboxylic acids is 1. The van der Waals surface area contributed by atoms with Crippen molar-refractivity contribution in [3.05, 3.63) is 83.9 Å². The second-order valence-corrected chi connectivity index (χ2v) is 6.86. The maximum absolute atomic E-state index is 11.9. The molecule has 0 unspecified atom stereocenters. The average Bonchev–Trinajstić information content (AvgIpc) is 2.82. The predicted octanol–water partition coefficient (Wildman–Crippen LogP) is 5.20.